The number of hydrogen-bond acceptors (Lipinski definition) is 3. The standard InChI is InChI=1S/C12H18N2O2.ClH/c1-3-7-14(12(15)10(2)13)8-6-11-5-4-9-16-11;/h3-5,9-10H,1,6-8,13H2,2H3;1H. The first kappa shape index (κ1) is 15.7. The van der Waals surface area contributed by atoms with Gasteiger partial charge in [0.05, 0.1) is 12.3 Å². The number of carbonyl (C=O) groups is 1. The van der Waals surface area contributed by atoms with Gasteiger partial charge in [0, 0.05) is 19.5 Å². The van der Waals surface area contributed by atoms with E-state index in [2.05, 4.69) is 6.58 Å². The maximum Gasteiger partial charge on any atom is 0.239 e. The Bertz CT molecular complexity index is 336. The van der Waals surface area contributed by atoms with Gasteiger partial charge in [-0.05, 0) is 19.1 Å². The second kappa shape index (κ2) is 7.92. The molecule has 1 unspecified atom stereocenters. The fraction of sp³-hybridized carbons (Fsp3) is 0.417. The Morgan fingerprint density at radius 2 is 2.41 bits per heavy atom. The number of halogens is 1. The normalized spacial score (nSPS) is 11.4. The summed E-state index contributed by atoms with van der Waals surface area (Å²) in [5, 5.41) is 0. The zero-order chi connectivity index (χ0) is 12.0. The quantitative estimate of drug-likeness (QED) is 0.789. The Morgan fingerprint density at radius 1 is 1.71 bits per heavy atom. The van der Waals surface area contributed by atoms with Crippen molar-refractivity contribution in [2.75, 3.05) is 13.1 Å². The molecule has 0 bridgehead atoms. The molecule has 0 spiro atoms. The average molecular weight is 259 g/mol. The van der Waals surface area contributed by atoms with Crippen molar-refractivity contribution in [3.63, 3.8) is 0 Å². The minimum Gasteiger partial charge on any atom is -0.469 e. The summed E-state index contributed by atoms with van der Waals surface area (Å²) in [6.45, 7) is 6.43. The minimum absolute atomic E-state index is 0. The summed E-state index contributed by atoms with van der Waals surface area (Å²) >= 11 is 0. The number of nitrogens with two attached hydrogens (primary N) is 1. The van der Waals surface area contributed by atoms with Gasteiger partial charge in [0.15, 0.2) is 0 Å². The van der Waals surface area contributed by atoms with Crippen LogP contribution in [0.25, 0.3) is 0 Å². The Labute approximate surface area is 108 Å². The lowest BCUT2D eigenvalue weighted by molar-refractivity contribution is -0.131. The first-order valence-electron chi connectivity index (χ1n) is 5.32. The number of carbonyl (C=O) groups excluding carboxylic acids is 1. The van der Waals surface area contributed by atoms with Crippen molar-refractivity contribution in [1.29, 1.82) is 0 Å². The molecule has 1 atom stereocenters. The molecule has 0 aliphatic heterocycles. The molecular formula is C12H19ClN2O2. The maximum absolute atomic E-state index is 11.7. The summed E-state index contributed by atoms with van der Waals surface area (Å²) in [6.07, 6.45) is 4.02. The van der Waals surface area contributed by atoms with Crippen LogP contribution in [0.3, 0.4) is 0 Å². The molecule has 0 saturated carbocycles. The van der Waals surface area contributed by atoms with E-state index in [4.69, 9.17) is 10.2 Å². The lowest BCUT2D eigenvalue weighted by Crippen LogP contribution is -2.43. The lowest BCUT2D eigenvalue weighted by atomic mass is 10.2. The predicted molar refractivity (Wildman–Crippen MR) is 70.1 cm³/mol. The Kier molecular flexibility index (Phi) is 7.34. The molecular weight excluding hydrogens is 240 g/mol. The van der Waals surface area contributed by atoms with Gasteiger partial charge in [-0.15, -0.1) is 19.0 Å². The molecule has 0 saturated heterocycles. The van der Waals surface area contributed by atoms with E-state index in [9.17, 15) is 4.79 Å². The van der Waals surface area contributed by atoms with Crippen molar-refractivity contribution in [2.45, 2.75) is 19.4 Å². The van der Waals surface area contributed by atoms with Crippen molar-refractivity contribution in [3.8, 4) is 0 Å². The van der Waals surface area contributed by atoms with Crippen LogP contribution in [-0.2, 0) is 11.2 Å². The Hall–Kier alpha value is -1.26. The molecule has 1 amide bonds. The molecule has 0 aromatic carbocycles. The predicted octanol–water partition coefficient (Wildman–Crippen LogP) is 1.61. The van der Waals surface area contributed by atoms with Crippen LogP contribution in [0.1, 0.15) is 12.7 Å². The second-order valence-corrected chi connectivity index (χ2v) is 3.69. The minimum atomic E-state index is -0.475. The highest BCUT2D eigenvalue weighted by molar-refractivity contribution is 5.85. The van der Waals surface area contributed by atoms with E-state index in [1.807, 2.05) is 12.1 Å². The summed E-state index contributed by atoms with van der Waals surface area (Å²) in [5.41, 5.74) is 5.57. The van der Waals surface area contributed by atoms with E-state index < -0.39 is 6.04 Å². The van der Waals surface area contributed by atoms with Crippen LogP contribution in [0.15, 0.2) is 35.5 Å². The zero-order valence-corrected chi connectivity index (χ0v) is 10.8. The molecule has 17 heavy (non-hydrogen) atoms. The SMILES string of the molecule is C=CCN(CCc1ccco1)C(=O)C(C)N.Cl. The summed E-state index contributed by atoms with van der Waals surface area (Å²) in [5.74, 6) is 0.804. The molecule has 2 N–H and O–H groups in total. The molecule has 0 aliphatic carbocycles. The van der Waals surface area contributed by atoms with Crippen molar-refractivity contribution in [1.82, 2.24) is 4.90 Å². The Balaban J connectivity index is 0.00000256. The van der Waals surface area contributed by atoms with E-state index in [0.29, 0.717) is 19.5 Å². The maximum atomic E-state index is 11.7. The number of hydrogen-bond donors (Lipinski definition) is 1. The van der Waals surface area contributed by atoms with Crippen LogP contribution in [0.4, 0.5) is 0 Å². The van der Waals surface area contributed by atoms with Gasteiger partial charge in [-0.1, -0.05) is 6.08 Å². The third-order valence-electron chi connectivity index (χ3n) is 2.26. The van der Waals surface area contributed by atoms with Crippen LogP contribution in [0.2, 0.25) is 0 Å². The van der Waals surface area contributed by atoms with E-state index in [-0.39, 0.29) is 18.3 Å². The molecule has 0 fully saturated rings. The summed E-state index contributed by atoms with van der Waals surface area (Å²) < 4.78 is 5.21. The van der Waals surface area contributed by atoms with E-state index in [1.54, 1.807) is 24.2 Å². The van der Waals surface area contributed by atoms with Crippen molar-refractivity contribution in [3.05, 3.63) is 36.8 Å². The highest BCUT2D eigenvalue weighted by Gasteiger charge is 2.16. The molecule has 4 nitrogen and oxygen atoms in total. The number of nitrogens with zero attached hydrogens (tertiary/aromatic N) is 1. The van der Waals surface area contributed by atoms with Gasteiger partial charge in [-0.25, -0.2) is 0 Å². The third kappa shape index (κ3) is 5.06. The fourth-order valence-corrected chi connectivity index (χ4v) is 1.44. The highest BCUT2D eigenvalue weighted by atomic mass is 35.5. The van der Waals surface area contributed by atoms with Crippen LogP contribution in [0, 0.1) is 0 Å². The first-order chi connectivity index (χ1) is 7.65. The molecule has 96 valence electrons. The van der Waals surface area contributed by atoms with Gasteiger partial charge in [0.1, 0.15) is 5.76 Å². The smallest absolute Gasteiger partial charge is 0.239 e. The molecule has 1 rings (SSSR count). The van der Waals surface area contributed by atoms with Gasteiger partial charge in [0.25, 0.3) is 0 Å². The summed E-state index contributed by atoms with van der Waals surface area (Å²) in [6, 6.07) is 3.25. The average Bonchev–Trinajstić information content (AvgIpc) is 2.75. The number of rotatable bonds is 6. The first-order valence-corrected chi connectivity index (χ1v) is 5.32. The van der Waals surface area contributed by atoms with Crippen LogP contribution in [0.5, 0.6) is 0 Å². The van der Waals surface area contributed by atoms with Gasteiger partial charge >= 0.3 is 0 Å². The highest BCUT2D eigenvalue weighted by Crippen LogP contribution is 2.03. The van der Waals surface area contributed by atoms with Crippen molar-refractivity contribution >= 4 is 18.3 Å². The van der Waals surface area contributed by atoms with Crippen molar-refractivity contribution < 1.29 is 9.21 Å². The molecule has 1 heterocycles. The van der Waals surface area contributed by atoms with E-state index >= 15 is 0 Å². The van der Waals surface area contributed by atoms with Gasteiger partial charge in [-0.3, -0.25) is 4.79 Å². The van der Waals surface area contributed by atoms with Gasteiger partial charge < -0.3 is 15.1 Å². The molecule has 1 aromatic heterocycles. The summed E-state index contributed by atoms with van der Waals surface area (Å²) in [4.78, 5) is 13.4. The Morgan fingerprint density at radius 3 is 2.88 bits per heavy atom. The largest absolute Gasteiger partial charge is 0.469 e. The van der Waals surface area contributed by atoms with Gasteiger partial charge in [-0.2, -0.15) is 0 Å². The molecule has 5 heteroatoms. The van der Waals surface area contributed by atoms with Crippen LogP contribution >= 0.6 is 12.4 Å². The van der Waals surface area contributed by atoms with E-state index in [1.165, 1.54) is 0 Å². The molecule has 0 aliphatic rings. The van der Waals surface area contributed by atoms with E-state index in [0.717, 1.165) is 5.76 Å². The zero-order valence-electron chi connectivity index (χ0n) is 9.96. The number of amides is 1. The monoisotopic (exact) mass is 258 g/mol. The van der Waals surface area contributed by atoms with Crippen molar-refractivity contribution in [2.24, 2.45) is 5.73 Å². The van der Waals surface area contributed by atoms with Gasteiger partial charge in [0.2, 0.25) is 5.91 Å². The number of furan rings is 1. The molecule has 1 aromatic rings. The summed E-state index contributed by atoms with van der Waals surface area (Å²) in [7, 11) is 0. The van der Waals surface area contributed by atoms with Crippen LogP contribution in [-0.4, -0.2) is 29.9 Å². The molecule has 0 radical (unpaired) electrons. The fourth-order valence-electron chi connectivity index (χ4n) is 1.44. The van der Waals surface area contributed by atoms with Crippen LogP contribution < -0.4 is 5.73 Å². The lowest BCUT2D eigenvalue weighted by Gasteiger charge is -2.22. The topological polar surface area (TPSA) is 59.5 Å². The second-order valence-electron chi connectivity index (χ2n) is 3.69. The third-order valence-corrected chi connectivity index (χ3v) is 2.26.